The van der Waals surface area contributed by atoms with Crippen LogP contribution in [0.2, 0.25) is 0 Å². The third-order valence-electron chi connectivity index (χ3n) is 3.80. The Morgan fingerprint density at radius 1 is 1.18 bits per heavy atom. The summed E-state index contributed by atoms with van der Waals surface area (Å²) in [5, 5.41) is 0. The molecule has 0 aliphatic carbocycles. The van der Waals surface area contributed by atoms with Crippen molar-refractivity contribution in [2.45, 2.75) is 52.1 Å². The average molecular weight is 231 g/mol. The van der Waals surface area contributed by atoms with Crippen LogP contribution in [0.1, 0.15) is 49.0 Å². The molecule has 0 bridgehead atoms. The summed E-state index contributed by atoms with van der Waals surface area (Å²) in [5.41, 5.74) is 1.93. The number of likely N-dealkylation sites (tertiary alicyclic amines) is 1. The predicted molar refractivity (Wildman–Crippen MR) is 70.1 cm³/mol. The van der Waals surface area contributed by atoms with E-state index in [2.05, 4.69) is 18.7 Å². The summed E-state index contributed by atoms with van der Waals surface area (Å²) < 4.78 is 0. The molecule has 1 aromatic rings. The van der Waals surface area contributed by atoms with Crippen LogP contribution < -0.4 is 0 Å². The van der Waals surface area contributed by atoms with Crippen LogP contribution in [0.15, 0.2) is 24.3 Å². The first kappa shape index (κ1) is 12.2. The Balaban J connectivity index is 2.27. The van der Waals surface area contributed by atoms with Gasteiger partial charge in [0, 0.05) is 17.6 Å². The van der Waals surface area contributed by atoms with Crippen LogP contribution >= 0.6 is 0 Å². The van der Waals surface area contributed by atoms with E-state index < -0.39 is 0 Å². The average Bonchev–Trinajstić information content (AvgIpc) is 2.29. The van der Waals surface area contributed by atoms with Gasteiger partial charge in [0.2, 0.25) is 0 Å². The SMILES string of the molecule is Cc1ccccc1C(=O)N1[C@H](C)CCC[C@@H]1C. The molecule has 0 aromatic heterocycles. The molecule has 2 heteroatoms. The third kappa shape index (κ3) is 2.36. The topological polar surface area (TPSA) is 20.3 Å². The largest absolute Gasteiger partial charge is 0.333 e. The Morgan fingerprint density at radius 3 is 2.35 bits per heavy atom. The summed E-state index contributed by atoms with van der Waals surface area (Å²) in [6.07, 6.45) is 3.49. The smallest absolute Gasteiger partial charge is 0.254 e. The molecule has 1 aliphatic rings. The van der Waals surface area contributed by atoms with Gasteiger partial charge < -0.3 is 4.90 Å². The first-order chi connectivity index (χ1) is 8.11. The molecule has 2 atom stereocenters. The molecule has 1 aliphatic heterocycles. The van der Waals surface area contributed by atoms with E-state index in [1.54, 1.807) is 0 Å². The van der Waals surface area contributed by atoms with Gasteiger partial charge in [-0.25, -0.2) is 0 Å². The van der Waals surface area contributed by atoms with Crippen LogP contribution in [-0.4, -0.2) is 22.9 Å². The van der Waals surface area contributed by atoms with Crippen LogP contribution in [0.3, 0.4) is 0 Å². The van der Waals surface area contributed by atoms with Gasteiger partial charge in [-0.05, 0) is 51.7 Å². The van der Waals surface area contributed by atoms with Gasteiger partial charge in [-0.3, -0.25) is 4.79 Å². The maximum atomic E-state index is 12.6. The molecule has 1 fully saturated rings. The molecule has 0 radical (unpaired) electrons. The lowest BCUT2D eigenvalue weighted by atomic mass is 9.95. The number of hydrogen-bond acceptors (Lipinski definition) is 1. The lowest BCUT2D eigenvalue weighted by molar-refractivity contribution is 0.0510. The lowest BCUT2D eigenvalue weighted by Crippen LogP contribution is -2.47. The van der Waals surface area contributed by atoms with E-state index >= 15 is 0 Å². The van der Waals surface area contributed by atoms with E-state index in [9.17, 15) is 4.79 Å². The van der Waals surface area contributed by atoms with E-state index in [0.29, 0.717) is 12.1 Å². The molecule has 0 unspecified atom stereocenters. The van der Waals surface area contributed by atoms with Gasteiger partial charge in [-0.1, -0.05) is 18.2 Å². The highest BCUT2D eigenvalue weighted by molar-refractivity contribution is 5.96. The maximum Gasteiger partial charge on any atom is 0.254 e. The molecular formula is C15H21NO. The maximum absolute atomic E-state index is 12.6. The van der Waals surface area contributed by atoms with E-state index in [-0.39, 0.29) is 5.91 Å². The van der Waals surface area contributed by atoms with E-state index in [4.69, 9.17) is 0 Å². The summed E-state index contributed by atoms with van der Waals surface area (Å²) in [6.45, 7) is 6.32. The molecule has 92 valence electrons. The van der Waals surface area contributed by atoms with Gasteiger partial charge in [-0.15, -0.1) is 0 Å². The summed E-state index contributed by atoms with van der Waals surface area (Å²) in [7, 11) is 0. The van der Waals surface area contributed by atoms with Crippen molar-refractivity contribution in [1.82, 2.24) is 4.90 Å². The second kappa shape index (κ2) is 4.91. The zero-order valence-electron chi connectivity index (χ0n) is 10.9. The van der Waals surface area contributed by atoms with Crippen molar-refractivity contribution in [3.05, 3.63) is 35.4 Å². The minimum atomic E-state index is 0.197. The molecule has 1 heterocycles. The zero-order valence-corrected chi connectivity index (χ0v) is 10.9. The van der Waals surface area contributed by atoms with Gasteiger partial charge in [0.05, 0.1) is 0 Å². The first-order valence-corrected chi connectivity index (χ1v) is 6.49. The number of piperidine rings is 1. The van der Waals surface area contributed by atoms with Crippen molar-refractivity contribution in [2.24, 2.45) is 0 Å². The van der Waals surface area contributed by atoms with Crippen molar-refractivity contribution >= 4 is 5.91 Å². The Kier molecular flexibility index (Phi) is 3.51. The number of hydrogen-bond donors (Lipinski definition) is 0. The Morgan fingerprint density at radius 2 is 1.76 bits per heavy atom. The minimum absolute atomic E-state index is 0.197. The molecule has 1 saturated heterocycles. The number of carbonyl (C=O) groups excluding carboxylic acids is 1. The molecule has 17 heavy (non-hydrogen) atoms. The van der Waals surface area contributed by atoms with Crippen LogP contribution in [-0.2, 0) is 0 Å². The normalized spacial score (nSPS) is 24.8. The Labute approximate surface area is 104 Å². The lowest BCUT2D eigenvalue weighted by Gasteiger charge is -2.39. The van der Waals surface area contributed by atoms with Crippen molar-refractivity contribution in [3.8, 4) is 0 Å². The standard InChI is InChI=1S/C15H21NO/c1-11-7-4-5-10-14(11)15(17)16-12(2)8-6-9-13(16)3/h4-5,7,10,12-13H,6,8-9H2,1-3H3/t12-,13+. The van der Waals surface area contributed by atoms with Gasteiger partial charge in [-0.2, -0.15) is 0 Å². The summed E-state index contributed by atoms with van der Waals surface area (Å²) >= 11 is 0. The van der Waals surface area contributed by atoms with E-state index in [1.807, 2.05) is 31.2 Å². The summed E-state index contributed by atoms with van der Waals surface area (Å²) in [4.78, 5) is 14.6. The van der Waals surface area contributed by atoms with Crippen molar-refractivity contribution < 1.29 is 4.79 Å². The van der Waals surface area contributed by atoms with Crippen LogP contribution in [0.25, 0.3) is 0 Å². The van der Waals surface area contributed by atoms with Gasteiger partial charge >= 0.3 is 0 Å². The molecule has 2 nitrogen and oxygen atoms in total. The van der Waals surface area contributed by atoms with Gasteiger partial charge in [0.15, 0.2) is 0 Å². The van der Waals surface area contributed by atoms with Crippen LogP contribution in [0.5, 0.6) is 0 Å². The highest BCUT2D eigenvalue weighted by atomic mass is 16.2. The zero-order chi connectivity index (χ0) is 12.4. The monoisotopic (exact) mass is 231 g/mol. The number of rotatable bonds is 1. The molecule has 1 aromatic carbocycles. The van der Waals surface area contributed by atoms with E-state index in [0.717, 1.165) is 24.0 Å². The first-order valence-electron chi connectivity index (χ1n) is 6.49. The molecule has 0 N–H and O–H groups in total. The quantitative estimate of drug-likeness (QED) is 0.725. The Bertz CT molecular complexity index is 403. The second-order valence-corrected chi connectivity index (χ2v) is 5.16. The highest BCUT2D eigenvalue weighted by Gasteiger charge is 2.29. The van der Waals surface area contributed by atoms with Gasteiger partial charge in [0.1, 0.15) is 0 Å². The number of amides is 1. The van der Waals surface area contributed by atoms with Crippen molar-refractivity contribution in [3.63, 3.8) is 0 Å². The molecule has 0 saturated carbocycles. The minimum Gasteiger partial charge on any atom is -0.333 e. The summed E-state index contributed by atoms with van der Waals surface area (Å²) in [6, 6.07) is 8.60. The number of carbonyl (C=O) groups is 1. The predicted octanol–water partition coefficient (Wildman–Crippen LogP) is 3.40. The second-order valence-electron chi connectivity index (χ2n) is 5.16. The fourth-order valence-electron chi connectivity index (χ4n) is 2.77. The van der Waals surface area contributed by atoms with Crippen LogP contribution in [0.4, 0.5) is 0 Å². The van der Waals surface area contributed by atoms with Crippen molar-refractivity contribution in [1.29, 1.82) is 0 Å². The number of nitrogens with zero attached hydrogens (tertiary/aromatic N) is 1. The van der Waals surface area contributed by atoms with Gasteiger partial charge in [0.25, 0.3) is 5.91 Å². The number of aryl methyl sites for hydroxylation is 1. The fourth-order valence-corrected chi connectivity index (χ4v) is 2.77. The molecule has 0 spiro atoms. The van der Waals surface area contributed by atoms with Crippen LogP contribution in [0, 0.1) is 6.92 Å². The number of benzene rings is 1. The Hall–Kier alpha value is -1.31. The summed E-state index contributed by atoms with van der Waals surface area (Å²) in [5.74, 6) is 0.197. The highest BCUT2D eigenvalue weighted by Crippen LogP contribution is 2.25. The third-order valence-corrected chi connectivity index (χ3v) is 3.80. The molecule has 2 rings (SSSR count). The molecular weight excluding hydrogens is 210 g/mol. The van der Waals surface area contributed by atoms with Crippen molar-refractivity contribution in [2.75, 3.05) is 0 Å². The van der Waals surface area contributed by atoms with E-state index in [1.165, 1.54) is 6.42 Å². The fraction of sp³-hybridized carbons (Fsp3) is 0.533. The molecule has 1 amide bonds.